The van der Waals surface area contributed by atoms with Crippen LogP contribution in [-0.4, -0.2) is 12.2 Å². The Balaban J connectivity index is 2.62. The topological polar surface area (TPSA) is 29.5 Å². The Morgan fingerprint density at radius 2 is 1.80 bits per heavy atom. The second kappa shape index (κ2) is 5.21. The van der Waals surface area contributed by atoms with Gasteiger partial charge in [0, 0.05) is 0 Å². The molecule has 1 N–H and O–H groups in total. The molecule has 0 spiro atoms. The van der Waals surface area contributed by atoms with Crippen LogP contribution in [0.25, 0.3) is 0 Å². The van der Waals surface area contributed by atoms with E-state index in [0.717, 1.165) is 0 Å². The summed E-state index contributed by atoms with van der Waals surface area (Å²) in [5, 5.41) is 10.7. The summed E-state index contributed by atoms with van der Waals surface area (Å²) >= 11 is 0. The van der Waals surface area contributed by atoms with Crippen molar-refractivity contribution in [1.29, 1.82) is 0 Å². The Bertz CT molecular complexity index is 636. The maximum atomic E-state index is 14.1. The molecule has 0 aliphatic carbocycles. The number of rotatable bonds is 3. The molecule has 0 aromatic heterocycles. The number of methoxy groups -OCH3 is 1. The Labute approximate surface area is 116 Å². The molecule has 2 rings (SSSR count). The minimum atomic E-state index is -1.69. The fourth-order valence-electron chi connectivity index (χ4n) is 2.19. The lowest BCUT2D eigenvalue weighted by atomic mass is 9.86. The van der Waals surface area contributed by atoms with Gasteiger partial charge in [-0.1, -0.05) is 18.2 Å². The molecule has 0 bridgehead atoms. The first-order chi connectivity index (χ1) is 9.37. The molecule has 106 valence electrons. The molecule has 20 heavy (non-hydrogen) atoms. The van der Waals surface area contributed by atoms with Gasteiger partial charge in [-0.2, -0.15) is 0 Å². The maximum absolute atomic E-state index is 14.1. The van der Waals surface area contributed by atoms with Gasteiger partial charge in [-0.15, -0.1) is 0 Å². The third-order valence-corrected chi connectivity index (χ3v) is 3.42. The summed E-state index contributed by atoms with van der Waals surface area (Å²) in [6, 6.07) is 8.61. The van der Waals surface area contributed by atoms with Crippen molar-refractivity contribution < 1.29 is 18.6 Å². The zero-order valence-electron chi connectivity index (χ0n) is 11.6. The highest BCUT2D eigenvalue weighted by molar-refractivity contribution is 5.45. The van der Waals surface area contributed by atoms with Crippen LogP contribution in [0.3, 0.4) is 0 Å². The first-order valence-electron chi connectivity index (χ1n) is 6.20. The van der Waals surface area contributed by atoms with Gasteiger partial charge < -0.3 is 9.84 Å². The van der Waals surface area contributed by atoms with E-state index in [1.807, 2.05) is 0 Å². The summed E-state index contributed by atoms with van der Waals surface area (Å²) in [4.78, 5) is 0. The molecule has 0 saturated carbocycles. The Hall–Kier alpha value is -1.94. The number of hydrogen-bond acceptors (Lipinski definition) is 2. The average molecular weight is 278 g/mol. The molecule has 2 nitrogen and oxygen atoms in total. The predicted octanol–water partition coefficient (Wildman–Crippen LogP) is 3.54. The average Bonchev–Trinajstić information content (AvgIpc) is 2.41. The van der Waals surface area contributed by atoms with Gasteiger partial charge in [-0.25, -0.2) is 8.78 Å². The number of benzene rings is 2. The summed E-state index contributed by atoms with van der Waals surface area (Å²) in [5.41, 5.74) is -0.967. The monoisotopic (exact) mass is 278 g/mol. The maximum Gasteiger partial charge on any atom is 0.133 e. The lowest BCUT2D eigenvalue weighted by Crippen LogP contribution is -2.25. The number of aryl methyl sites for hydroxylation is 1. The van der Waals surface area contributed by atoms with Crippen molar-refractivity contribution in [3.05, 3.63) is 64.7 Å². The van der Waals surface area contributed by atoms with Crippen LogP contribution >= 0.6 is 0 Å². The molecule has 0 fully saturated rings. The highest BCUT2D eigenvalue weighted by atomic mass is 19.1. The molecule has 0 aliphatic heterocycles. The Morgan fingerprint density at radius 1 is 1.10 bits per heavy atom. The first kappa shape index (κ1) is 14.5. The van der Waals surface area contributed by atoms with Crippen molar-refractivity contribution >= 4 is 0 Å². The van der Waals surface area contributed by atoms with Crippen LogP contribution in [0.4, 0.5) is 8.78 Å². The molecule has 0 radical (unpaired) electrons. The number of hydrogen-bond donors (Lipinski definition) is 1. The van der Waals surface area contributed by atoms with E-state index in [-0.39, 0.29) is 16.9 Å². The van der Waals surface area contributed by atoms with Gasteiger partial charge in [0.15, 0.2) is 0 Å². The number of ether oxygens (including phenoxy) is 1. The van der Waals surface area contributed by atoms with Crippen molar-refractivity contribution in [1.82, 2.24) is 0 Å². The standard InChI is InChI=1S/C16H16F2O2/c1-10-7-8-11(9-13(10)18)16(2,19)15-12(17)5-4-6-14(15)20-3/h4-9,19H,1-3H3. The Morgan fingerprint density at radius 3 is 2.40 bits per heavy atom. The number of halogens is 2. The smallest absolute Gasteiger partial charge is 0.133 e. The van der Waals surface area contributed by atoms with E-state index < -0.39 is 17.2 Å². The molecule has 2 aromatic rings. The zero-order chi connectivity index (χ0) is 14.9. The molecule has 4 heteroatoms. The van der Waals surface area contributed by atoms with Crippen molar-refractivity contribution in [2.24, 2.45) is 0 Å². The van der Waals surface area contributed by atoms with Gasteiger partial charge in [0.2, 0.25) is 0 Å². The van der Waals surface area contributed by atoms with Gasteiger partial charge >= 0.3 is 0 Å². The molecule has 1 atom stereocenters. The quantitative estimate of drug-likeness (QED) is 0.930. The molecule has 0 saturated heterocycles. The van der Waals surface area contributed by atoms with Crippen molar-refractivity contribution in [2.75, 3.05) is 7.11 Å². The Kier molecular flexibility index (Phi) is 3.77. The zero-order valence-corrected chi connectivity index (χ0v) is 11.6. The fourth-order valence-corrected chi connectivity index (χ4v) is 2.19. The SMILES string of the molecule is COc1cccc(F)c1C(C)(O)c1ccc(C)c(F)c1. The van der Waals surface area contributed by atoms with Crippen LogP contribution in [0.1, 0.15) is 23.6 Å². The van der Waals surface area contributed by atoms with Crippen LogP contribution in [0, 0.1) is 18.6 Å². The molecule has 1 unspecified atom stereocenters. The van der Waals surface area contributed by atoms with E-state index in [2.05, 4.69) is 0 Å². The normalized spacial score (nSPS) is 13.9. The summed E-state index contributed by atoms with van der Waals surface area (Å²) in [6.07, 6.45) is 0. The summed E-state index contributed by atoms with van der Waals surface area (Å²) in [7, 11) is 1.39. The largest absolute Gasteiger partial charge is 0.496 e. The van der Waals surface area contributed by atoms with E-state index in [0.29, 0.717) is 5.56 Å². The summed E-state index contributed by atoms with van der Waals surface area (Å²) < 4.78 is 32.8. The van der Waals surface area contributed by atoms with Crippen molar-refractivity contribution in [3.63, 3.8) is 0 Å². The molecule has 0 amide bonds. The predicted molar refractivity (Wildman–Crippen MR) is 72.8 cm³/mol. The third kappa shape index (κ3) is 2.39. The van der Waals surface area contributed by atoms with E-state index in [4.69, 9.17) is 4.74 Å². The molecule has 0 heterocycles. The van der Waals surface area contributed by atoms with Crippen LogP contribution in [-0.2, 0) is 5.60 Å². The minimum absolute atomic E-state index is 0.00856. The highest BCUT2D eigenvalue weighted by Crippen LogP contribution is 2.37. The summed E-state index contributed by atoms with van der Waals surface area (Å²) in [6.45, 7) is 3.04. The number of aliphatic hydroxyl groups is 1. The first-order valence-corrected chi connectivity index (χ1v) is 6.20. The van der Waals surface area contributed by atoms with Crippen molar-refractivity contribution in [3.8, 4) is 5.75 Å². The van der Waals surface area contributed by atoms with E-state index in [1.54, 1.807) is 25.1 Å². The van der Waals surface area contributed by atoms with Crippen LogP contribution in [0.15, 0.2) is 36.4 Å². The van der Waals surface area contributed by atoms with Gasteiger partial charge in [0.05, 0.1) is 12.7 Å². The lowest BCUT2D eigenvalue weighted by molar-refractivity contribution is 0.0941. The molecule has 0 aliphatic rings. The van der Waals surface area contributed by atoms with Crippen LogP contribution in [0.2, 0.25) is 0 Å². The van der Waals surface area contributed by atoms with Crippen LogP contribution < -0.4 is 4.74 Å². The molecular weight excluding hydrogens is 262 g/mol. The van der Waals surface area contributed by atoms with Gasteiger partial charge in [-0.05, 0) is 43.2 Å². The lowest BCUT2D eigenvalue weighted by Gasteiger charge is -2.27. The van der Waals surface area contributed by atoms with Crippen molar-refractivity contribution in [2.45, 2.75) is 19.4 Å². The van der Waals surface area contributed by atoms with Crippen LogP contribution in [0.5, 0.6) is 5.75 Å². The second-order valence-corrected chi connectivity index (χ2v) is 4.85. The van der Waals surface area contributed by atoms with Gasteiger partial charge in [0.1, 0.15) is 23.0 Å². The van der Waals surface area contributed by atoms with Gasteiger partial charge in [0.25, 0.3) is 0 Å². The molecular formula is C16H16F2O2. The van der Waals surface area contributed by atoms with E-state index in [1.165, 1.54) is 32.2 Å². The second-order valence-electron chi connectivity index (χ2n) is 4.85. The molecule has 2 aromatic carbocycles. The minimum Gasteiger partial charge on any atom is -0.496 e. The third-order valence-electron chi connectivity index (χ3n) is 3.42. The van der Waals surface area contributed by atoms with E-state index >= 15 is 0 Å². The highest BCUT2D eigenvalue weighted by Gasteiger charge is 2.32. The van der Waals surface area contributed by atoms with E-state index in [9.17, 15) is 13.9 Å². The summed E-state index contributed by atoms with van der Waals surface area (Å²) in [5.74, 6) is -0.829. The van der Waals surface area contributed by atoms with Gasteiger partial charge in [-0.3, -0.25) is 0 Å². The fraction of sp³-hybridized carbons (Fsp3) is 0.250.